The SMILES string of the molecule is CCOC(=O)CN(C(=O)CSc1nc2ccc(C)cc2[nH]1)c1ccccc1. The average molecular weight is 383 g/mol. The minimum absolute atomic E-state index is 0.115. The number of carbonyl (C=O) groups is 2. The number of imidazole rings is 1. The van der Waals surface area contributed by atoms with Crippen molar-refractivity contribution < 1.29 is 14.3 Å². The average Bonchev–Trinajstić information content (AvgIpc) is 3.07. The number of nitrogens with one attached hydrogen (secondary N) is 1. The fourth-order valence-electron chi connectivity index (χ4n) is 2.64. The molecule has 7 heteroatoms. The van der Waals surface area contributed by atoms with Crippen molar-refractivity contribution >= 4 is 40.4 Å². The molecule has 1 heterocycles. The van der Waals surface area contributed by atoms with Crippen molar-refractivity contribution in [2.45, 2.75) is 19.0 Å². The van der Waals surface area contributed by atoms with E-state index >= 15 is 0 Å². The number of fused-ring (bicyclic) bond motifs is 1. The van der Waals surface area contributed by atoms with E-state index in [1.807, 2.05) is 43.3 Å². The summed E-state index contributed by atoms with van der Waals surface area (Å²) < 4.78 is 5.00. The molecule has 3 aromatic rings. The third-order valence-electron chi connectivity index (χ3n) is 3.91. The van der Waals surface area contributed by atoms with Gasteiger partial charge in [0.05, 0.1) is 23.4 Å². The van der Waals surface area contributed by atoms with Gasteiger partial charge < -0.3 is 14.6 Å². The van der Waals surface area contributed by atoms with Crippen LogP contribution in [0.5, 0.6) is 0 Å². The number of hydrogen-bond donors (Lipinski definition) is 1. The normalized spacial score (nSPS) is 10.7. The van der Waals surface area contributed by atoms with Gasteiger partial charge in [0.25, 0.3) is 0 Å². The van der Waals surface area contributed by atoms with E-state index in [1.165, 1.54) is 16.7 Å². The van der Waals surface area contributed by atoms with Gasteiger partial charge in [0.15, 0.2) is 5.16 Å². The van der Waals surface area contributed by atoms with E-state index in [2.05, 4.69) is 9.97 Å². The van der Waals surface area contributed by atoms with Gasteiger partial charge in [-0.25, -0.2) is 4.98 Å². The van der Waals surface area contributed by atoms with E-state index in [-0.39, 0.29) is 24.8 Å². The number of para-hydroxylation sites is 1. The highest BCUT2D eigenvalue weighted by Crippen LogP contribution is 2.22. The standard InChI is InChI=1S/C20H21N3O3S/c1-3-26-19(25)12-23(15-7-5-4-6-8-15)18(24)13-27-20-21-16-10-9-14(2)11-17(16)22-20/h4-11H,3,12-13H2,1-2H3,(H,21,22). The Morgan fingerprint density at radius 3 is 2.70 bits per heavy atom. The molecule has 0 aliphatic carbocycles. The highest BCUT2D eigenvalue weighted by Gasteiger charge is 2.20. The van der Waals surface area contributed by atoms with Crippen LogP contribution >= 0.6 is 11.8 Å². The number of esters is 1. The summed E-state index contributed by atoms with van der Waals surface area (Å²) in [5, 5.41) is 0.674. The van der Waals surface area contributed by atoms with Gasteiger partial charge in [0.2, 0.25) is 5.91 Å². The van der Waals surface area contributed by atoms with Crippen LogP contribution in [0.15, 0.2) is 53.7 Å². The van der Waals surface area contributed by atoms with Gasteiger partial charge in [-0.2, -0.15) is 0 Å². The molecule has 0 fully saturated rings. The zero-order valence-corrected chi connectivity index (χ0v) is 16.1. The van der Waals surface area contributed by atoms with Crippen molar-refractivity contribution in [3.05, 3.63) is 54.1 Å². The Kier molecular flexibility index (Phi) is 6.13. The molecular weight excluding hydrogens is 362 g/mol. The number of anilines is 1. The van der Waals surface area contributed by atoms with Gasteiger partial charge in [-0.05, 0) is 43.7 Å². The summed E-state index contributed by atoms with van der Waals surface area (Å²) in [6.45, 7) is 3.93. The van der Waals surface area contributed by atoms with E-state index in [0.717, 1.165) is 16.6 Å². The highest BCUT2D eigenvalue weighted by molar-refractivity contribution is 7.99. The van der Waals surface area contributed by atoms with Crippen LogP contribution < -0.4 is 4.90 Å². The summed E-state index contributed by atoms with van der Waals surface area (Å²) >= 11 is 1.31. The molecule has 0 aliphatic heterocycles. The molecule has 0 radical (unpaired) electrons. The number of aromatic amines is 1. The summed E-state index contributed by atoms with van der Waals surface area (Å²) in [4.78, 5) is 33.9. The summed E-state index contributed by atoms with van der Waals surface area (Å²) in [5.41, 5.74) is 3.61. The van der Waals surface area contributed by atoms with E-state index in [0.29, 0.717) is 10.8 Å². The summed E-state index contributed by atoms with van der Waals surface area (Å²) in [6, 6.07) is 15.1. The second-order valence-corrected chi connectivity index (χ2v) is 6.94. The summed E-state index contributed by atoms with van der Waals surface area (Å²) in [5.74, 6) is -0.456. The van der Waals surface area contributed by atoms with Crippen LogP contribution in [-0.2, 0) is 14.3 Å². The van der Waals surface area contributed by atoms with Crippen LogP contribution in [0.25, 0.3) is 11.0 Å². The maximum absolute atomic E-state index is 12.8. The first-order chi connectivity index (χ1) is 13.1. The van der Waals surface area contributed by atoms with Crippen molar-refractivity contribution in [1.29, 1.82) is 0 Å². The van der Waals surface area contributed by atoms with Crippen molar-refractivity contribution in [2.24, 2.45) is 0 Å². The number of aryl methyl sites for hydroxylation is 1. The number of benzene rings is 2. The number of ether oxygens (including phenoxy) is 1. The maximum atomic E-state index is 12.8. The molecule has 1 aromatic heterocycles. The number of amides is 1. The zero-order chi connectivity index (χ0) is 19.2. The van der Waals surface area contributed by atoms with Crippen LogP contribution in [0.4, 0.5) is 5.69 Å². The number of nitrogens with zero attached hydrogens (tertiary/aromatic N) is 2. The van der Waals surface area contributed by atoms with E-state index in [1.54, 1.807) is 19.1 Å². The Morgan fingerprint density at radius 1 is 1.19 bits per heavy atom. The minimum Gasteiger partial charge on any atom is -0.465 e. The Bertz CT molecular complexity index is 940. The highest BCUT2D eigenvalue weighted by atomic mass is 32.2. The Morgan fingerprint density at radius 2 is 1.96 bits per heavy atom. The lowest BCUT2D eigenvalue weighted by molar-refractivity contribution is -0.142. The van der Waals surface area contributed by atoms with Crippen molar-refractivity contribution in [3.8, 4) is 0 Å². The first-order valence-electron chi connectivity index (χ1n) is 8.67. The third-order valence-corrected chi connectivity index (χ3v) is 4.77. The van der Waals surface area contributed by atoms with Crippen molar-refractivity contribution in [1.82, 2.24) is 9.97 Å². The monoisotopic (exact) mass is 383 g/mol. The molecule has 1 N–H and O–H groups in total. The number of thioether (sulfide) groups is 1. The predicted octanol–water partition coefficient (Wildman–Crippen LogP) is 3.56. The molecule has 0 saturated heterocycles. The molecule has 0 atom stereocenters. The second kappa shape index (κ2) is 8.73. The van der Waals surface area contributed by atoms with Crippen LogP contribution in [0.1, 0.15) is 12.5 Å². The quantitative estimate of drug-likeness (QED) is 0.499. The molecule has 0 saturated carbocycles. The maximum Gasteiger partial charge on any atom is 0.326 e. The zero-order valence-electron chi connectivity index (χ0n) is 15.3. The second-order valence-electron chi connectivity index (χ2n) is 5.97. The largest absolute Gasteiger partial charge is 0.465 e. The molecule has 6 nitrogen and oxygen atoms in total. The summed E-state index contributed by atoms with van der Waals surface area (Å²) in [7, 11) is 0. The van der Waals surface area contributed by atoms with Crippen molar-refractivity contribution in [2.75, 3.05) is 23.8 Å². The lowest BCUT2D eigenvalue weighted by Crippen LogP contribution is -2.37. The van der Waals surface area contributed by atoms with Crippen LogP contribution in [0.3, 0.4) is 0 Å². The van der Waals surface area contributed by atoms with Crippen LogP contribution in [-0.4, -0.2) is 40.7 Å². The fraction of sp³-hybridized carbons (Fsp3) is 0.250. The van der Waals surface area contributed by atoms with Crippen LogP contribution in [0, 0.1) is 6.92 Å². The first kappa shape index (κ1) is 19.0. The Balaban J connectivity index is 1.72. The van der Waals surface area contributed by atoms with Gasteiger partial charge in [0.1, 0.15) is 6.54 Å². The number of H-pyrrole nitrogens is 1. The van der Waals surface area contributed by atoms with Gasteiger partial charge >= 0.3 is 5.97 Å². The smallest absolute Gasteiger partial charge is 0.326 e. The van der Waals surface area contributed by atoms with Gasteiger partial charge in [-0.1, -0.05) is 36.0 Å². The molecule has 1 amide bonds. The molecule has 0 bridgehead atoms. The molecule has 27 heavy (non-hydrogen) atoms. The molecule has 3 rings (SSSR count). The molecule has 140 valence electrons. The van der Waals surface area contributed by atoms with Gasteiger partial charge in [-0.15, -0.1) is 0 Å². The van der Waals surface area contributed by atoms with E-state index in [9.17, 15) is 9.59 Å². The van der Waals surface area contributed by atoms with Crippen LogP contribution in [0.2, 0.25) is 0 Å². The Hall–Kier alpha value is -2.80. The molecule has 0 aliphatic rings. The summed E-state index contributed by atoms with van der Waals surface area (Å²) in [6.07, 6.45) is 0. The van der Waals surface area contributed by atoms with Gasteiger partial charge in [-0.3, -0.25) is 9.59 Å². The lowest BCUT2D eigenvalue weighted by Gasteiger charge is -2.21. The molecular formula is C20H21N3O3S. The number of aromatic nitrogens is 2. The number of carbonyl (C=O) groups excluding carboxylic acids is 2. The Labute approximate surface area is 161 Å². The molecule has 0 spiro atoms. The van der Waals surface area contributed by atoms with E-state index in [4.69, 9.17) is 4.74 Å². The third kappa shape index (κ3) is 4.89. The molecule has 0 unspecified atom stereocenters. The van der Waals surface area contributed by atoms with Crippen molar-refractivity contribution in [3.63, 3.8) is 0 Å². The van der Waals surface area contributed by atoms with Gasteiger partial charge in [0, 0.05) is 5.69 Å². The first-order valence-corrected chi connectivity index (χ1v) is 9.65. The van der Waals surface area contributed by atoms with E-state index < -0.39 is 5.97 Å². The number of hydrogen-bond acceptors (Lipinski definition) is 5. The fourth-order valence-corrected chi connectivity index (χ4v) is 3.40. The minimum atomic E-state index is -0.432. The predicted molar refractivity (Wildman–Crippen MR) is 107 cm³/mol. The topological polar surface area (TPSA) is 75.3 Å². The molecule has 2 aromatic carbocycles. The number of rotatable bonds is 7. The lowest BCUT2D eigenvalue weighted by atomic mass is 10.2.